The molecule has 6 heteroatoms. The summed E-state index contributed by atoms with van der Waals surface area (Å²) >= 11 is 12.2. The predicted molar refractivity (Wildman–Crippen MR) is 91.7 cm³/mol. The van der Waals surface area contributed by atoms with Crippen LogP contribution in [0.2, 0.25) is 5.02 Å². The van der Waals surface area contributed by atoms with E-state index in [-0.39, 0.29) is 11.3 Å². The third-order valence-electron chi connectivity index (χ3n) is 5.33. The van der Waals surface area contributed by atoms with E-state index in [1.165, 1.54) is 11.9 Å². The molecule has 0 bridgehead atoms. The van der Waals surface area contributed by atoms with Gasteiger partial charge >= 0.3 is 0 Å². The van der Waals surface area contributed by atoms with E-state index >= 15 is 0 Å². The minimum Gasteiger partial charge on any atom is -0.387 e. The van der Waals surface area contributed by atoms with E-state index in [0.717, 1.165) is 24.3 Å². The molecule has 1 saturated carbocycles. The Bertz CT molecular complexity index is 646. The number of nitrogens with zero attached hydrogens (tertiary/aromatic N) is 3. The molecule has 1 unspecified atom stereocenters. The summed E-state index contributed by atoms with van der Waals surface area (Å²) in [4.78, 5) is 3.98. The minimum atomic E-state index is -0.915. The lowest BCUT2D eigenvalue weighted by Gasteiger charge is -2.42. The zero-order valence-electron chi connectivity index (χ0n) is 13.1. The van der Waals surface area contributed by atoms with E-state index in [1.54, 1.807) is 11.0 Å². The Labute approximate surface area is 146 Å². The van der Waals surface area contributed by atoms with Crippen LogP contribution in [0, 0.1) is 11.3 Å². The lowest BCUT2D eigenvalue weighted by molar-refractivity contribution is -0.0891. The fourth-order valence-electron chi connectivity index (χ4n) is 3.68. The second-order valence-corrected chi connectivity index (χ2v) is 7.48. The highest BCUT2D eigenvalue weighted by molar-refractivity contribution is 6.30. The minimum absolute atomic E-state index is 0.122. The summed E-state index contributed by atoms with van der Waals surface area (Å²) in [6.07, 6.45) is 5.78. The quantitative estimate of drug-likeness (QED) is 0.836. The van der Waals surface area contributed by atoms with Gasteiger partial charge in [-0.3, -0.25) is 4.68 Å². The van der Waals surface area contributed by atoms with Crippen LogP contribution in [0.25, 0.3) is 0 Å². The number of alkyl halides is 1. The monoisotopic (exact) mass is 353 g/mol. The van der Waals surface area contributed by atoms with Gasteiger partial charge in [0.15, 0.2) is 0 Å². The van der Waals surface area contributed by atoms with Crippen LogP contribution < -0.4 is 0 Å². The van der Waals surface area contributed by atoms with Crippen molar-refractivity contribution in [3.05, 3.63) is 47.5 Å². The molecule has 0 saturated heterocycles. The topological polar surface area (TPSA) is 50.9 Å². The molecular formula is C17H21Cl2N3O. The maximum absolute atomic E-state index is 11.6. The number of halogens is 2. The summed E-state index contributed by atoms with van der Waals surface area (Å²) in [5, 5.41) is 16.4. The van der Waals surface area contributed by atoms with Gasteiger partial charge < -0.3 is 5.11 Å². The molecule has 1 heterocycles. The molecule has 3 rings (SSSR count). The van der Waals surface area contributed by atoms with E-state index in [2.05, 4.69) is 17.0 Å². The van der Waals surface area contributed by atoms with Crippen LogP contribution in [0.1, 0.15) is 25.3 Å². The lowest BCUT2D eigenvalue weighted by atomic mass is 9.72. The largest absolute Gasteiger partial charge is 0.387 e. The first-order chi connectivity index (χ1) is 11.0. The highest BCUT2D eigenvalue weighted by Gasteiger charge is 2.56. The van der Waals surface area contributed by atoms with Crippen LogP contribution in [0.4, 0.5) is 0 Å². The Kier molecular flexibility index (Phi) is 4.68. The van der Waals surface area contributed by atoms with Gasteiger partial charge in [0, 0.05) is 16.3 Å². The Morgan fingerprint density at radius 3 is 2.70 bits per heavy atom. The number of aliphatic hydroxyl groups is 1. The van der Waals surface area contributed by atoms with Gasteiger partial charge in [-0.15, -0.1) is 11.6 Å². The number of hydrogen-bond donors (Lipinski definition) is 1. The van der Waals surface area contributed by atoms with Crippen molar-refractivity contribution in [3.8, 4) is 0 Å². The Morgan fingerprint density at radius 1 is 1.35 bits per heavy atom. The number of hydrogen-bond acceptors (Lipinski definition) is 3. The van der Waals surface area contributed by atoms with Gasteiger partial charge in [0.2, 0.25) is 0 Å². The van der Waals surface area contributed by atoms with Crippen molar-refractivity contribution in [2.75, 3.05) is 5.88 Å². The normalized spacial score (nSPS) is 30.7. The van der Waals surface area contributed by atoms with Gasteiger partial charge in [-0.2, -0.15) is 5.10 Å². The molecule has 1 fully saturated rings. The van der Waals surface area contributed by atoms with Crippen molar-refractivity contribution in [2.45, 2.75) is 38.3 Å². The molecule has 2 aromatic rings. The SMILES string of the molecule is C[C@@]1(CCl)CCC(Cc2ccc(Cl)cc2)[C@@]1(O)Cn1cncn1. The zero-order valence-corrected chi connectivity index (χ0v) is 14.6. The number of rotatable bonds is 5. The third kappa shape index (κ3) is 3.12. The van der Waals surface area contributed by atoms with E-state index in [0.29, 0.717) is 12.4 Å². The Hall–Kier alpha value is -1.10. The van der Waals surface area contributed by atoms with Crippen molar-refractivity contribution in [2.24, 2.45) is 11.3 Å². The highest BCUT2D eigenvalue weighted by atomic mass is 35.5. The molecule has 0 aliphatic heterocycles. The van der Waals surface area contributed by atoms with Crippen molar-refractivity contribution in [1.29, 1.82) is 0 Å². The van der Waals surface area contributed by atoms with Crippen molar-refractivity contribution < 1.29 is 5.11 Å². The molecule has 1 aliphatic carbocycles. The number of aromatic nitrogens is 3. The molecule has 23 heavy (non-hydrogen) atoms. The number of benzene rings is 1. The van der Waals surface area contributed by atoms with Crippen molar-refractivity contribution in [3.63, 3.8) is 0 Å². The summed E-state index contributed by atoms with van der Waals surface area (Å²) in [7, 11) is 0. The van der Waals surface area contributed by atoms with Crippen molar-refractivity contribution >= 4 is 23.2 Å². The van der Waals surface area contributed by atoms with Gasteiger partial charge in [0.05, 0.1) is 12.1 Å². The van der Waals surface area contributed by atoms with E-state index < -0.39 is 5.60 Å². The Morgan fingerprint density at radius 2 is 2.09 bits per heavy atom. The van der Waals surface area contributed by atoms with Gasteiger partial charge in [0.1, 0.15) is 12.7 Å². The van der Waals surface area contributed by atoms with Crippen LogP contribution in [0.5, 0.6) is 0 Å². The smallest absolute Gasteiger partial charge is 0.137 e. The third-order valence-corrected chi connectivity index (χ3v) is 6.17. The maximum Gasteiger partial charge on any atom is 0.137 e. The summed E-state index contributed by atoms with van der Waals surface area (Å²) < 4.78 is 1.70. The van der Waals surface area contributed by atoms with Gasteiger partial charge in [-0.25, -0.2) is 4.98 Å². The first-order valence-electron chi connectivity index (χ1n) is 7.82. The fraction of sp³-hybridized carbons (Fsp3) is 0.529. The predicted octanol–water partition coefficient (Wildman–Crippen LogP) is 3.56. The second kappa shape index (κ2) is 6.42. The maximum atomic E-state index is 11.6. The van der Waals surface area contributed by atoms with Crippen molar-refractivity contribution in [1.82, 2.24) is 14.8 Å². The Balaban J connectivity index is 1.87. The van der Waals surface area contributed by atoms with Gasteiger partial charge in [0.25, 0.3) is 0 Å². The zero-order chi connectivity index (χ0) is 16.5. The lowest BCUT2D eigenvalue weighted by Crippen LogP contribution is -2.51. The summed E-state index contributed by atoms with van der Waals surface area (Å²) in [6.45, 7) is 2.48. The molecule has 1 aromatic carbocycles. The molecule has 1 aromatic heterocycles. The van der Waals surface area contributed by atoms with Crippen LogP contribution in [0.15, 0.2) is 36.9 Å². The molecule has 1 N–H and O–H groups in total. The molecule has 0 radical (unpaired) electrons. The summed E-state index contributed by atoms with van der Waals surface area (Å²) in [5.74, 6) is 0.548. The van der Waals surface area contributed by atoms with E-state index in [4.69, 9.17) is 23.2 Å². The molecule has 0 amide bonds. The molecule has 0 spiro atoms. The van der Waals surface area contributed by atoms with Crippen LogP contribution in [-0.4, -0.2) is 31.4 Å². The highest BCUT2D eigenvalue weighted by Crippen LogP contribution is 2.52. The van der Waals surface area contributed by atoms with Crippen LogP contribution in [0.3, 0.4) is 0 Å². The van der Waals surface area contributed by atoms with E-state index in [9.17, 15) is 5.11 Å². The summed E-state index contributed by atoms with van der Waals surface area (Å²) in [5.41, 5.74) is -0.0742. The molecule has 1 aliphatic rings. The first-order valence-corrected chi connectivity index (χ1v) is 8.73. The fourth-order valence-corrected chi connectivity index (χ4v) is 4.17. The van der Waals surface area contributed by atoms with Crippen LogP contribution in [-0.2, 0) is 13.0 Å². The molecular weight excluding hydrogens is 333 g/mol. The standard InChI is InChI=1S/C17H21Cl2N3O/c1-16(9-18)7-6-14(8-13-2-4-15(19)5-3-13)17(16,23)10-22-12-20-11-21-22/h2-5,11-12,14,23H,6-10H2,1H3/t14?,16-,17-/m0/s1. The molecule has 124 valence electrons. The average molecular weight is 354 g/mol. The van der Waals surface area contributed by atoms with Gasteiger partial charge in [-0.05, 0) is 42.9 Å². The van der Waals surface area contributed by atoms with Gasteiger partial charge in [-0.1, -0.05) is 30.7 Å². The summed E-state index contributed by atoms with van der Waals surface area (Å²) in [6, 6.07) is 7.83. The average Bonchev–Trinajstić information content (AvgIpc) is 3.12. The first kappa shape index (κ1) is 16.7. The molecule has 4 nitrogen and oxygen atoms in total. The van der Waals surface area contributed by atoms with E-state index in [1.807, 2.05) is 24.3 Å². The molecule has 3 atom stereocenters. The van der Waals surface area contributed by atoms with Crippen LogP contribution >= 0.6 is 23.2 Å². The second-order valence-electron chi connectivity index (χ2n) is 6.78.